The average molecular weight is 378 g/mol. The number of rotatable bonds is 6. The second-order valence-electron chi connectivity index (χ2n) is 8.46. The van der Waals surface area contributed by atoms with Crippen molar-refractivity contribution in [2.24, 2.45) is 0 Å². The van der Waals surface area contributed by atoms with Crippen LogP contribution in [0.25, 0.3) is 0 Å². The van der Waals surface area contributed by atoms with Gasteiger partial charge in [0.25, 0.3) is 0 Å². The van der Waals surface area contributed by atoms with Crippen LogP contribution in [0.4, 0.5) is 5.69 Å². The number of hydrogen-bond donors (Lipinski definition) is 0. The molecule has 0 aromatic heterocycles. The molecule has 2 nitrogen and oxygen atoms in total. The van der Waals surface area contributed by atoms with Crippen LogP contribution in [-0.2, 0) is 11.2 Å². The van der Waals surface area contributed by atoms with E-state index in [1.54, 1.807) is 0 Å². The third-order valence-electron chi connectivity index (χ3n) is 5.48. The number of anilines is 1. The zero-order chi connectivity index (χ0) is 19.9. The molecular formula is C24H31NOSi. The first-order valence-electron chi connectivity index (χ1n) is 9.57. The molecular weight excluding hydrogens is 346 g/mol. The van der Waals surface area contributed by atoms with Gasteiger partial charge >= 0.3 is 0 Å². The fourth-order valence-corrected chi connectivity index (χ4v) is 5.40. The van der Waals surface area contributed by atoms with Crippen molar-refractivity contribution < 1.29 is 4.79 Å². The summed E-state index contributed by atoms with van der Waals surface area (Å²) in [6, 6.07) is 19.3. The molecule has 0 aliphatic heterocycles. The molecule has 0 aliphatic rings. The lowest BCUT2D eigenvalue weighted by atomic mass is 10.1. The van der Waals surface area contributed by atoms with Gasteiger partial charge in [-0.25, -0.2) is 0 Å². The van der Waals surface area contributed by atoms with E-state index in [2.05, 4.69) is 99.1 Å². The fourth-order valence-electron chi connectivity index (χ4n) is 2.99. The van der Waals surface area contributed by atoms with Crippen molar-refractivity contribution in [3.05, 3.63) is 65.7 Å². The van der Waals surface area contributed by atoms with Gasteiger partial charge in [0, 0.05) is 18.4 Å². The maximum absolute atomic E-state index is 10.9. The van der Waals surface area contributed by atoms with E-state index in [0.29, 0.717) is 0 Å². The first-order chi connectivity index (χ1) is 12.7. The van der Waals surface area contributed by atoms with Gasteiger partial charge in [-0.3, -0.25) is 4.79 Å². The van der Waals surface area contributed by atoms with E-state index in [4.69, 9.17) is 0 Å². The topological polar surface area (TPSA) is 20.3 Å². The first-order valence-corrected chi connectivity index (χ1v) is 12.3. The van der Waals surface area contributed by atoms with Gasteiger partial charge in [-0.1, -0.05) is 75.3 Å². The number of hydrogen-bond acceptors (Lipinski definition) is 2. The summed E-state index contributed by atoms with van der Waals surface area (Å²) in [5, 5.41) is 0.0832. The number of benzene rings is 2. The molecule has 0 N–H and O–H groups in total. The van der Waals surface area contributed by atoms with Gasteiger partial charge in [-0.2, -0.15) is 0 Å². The monoisotopic (exact) mass is 377 g/mol. The Kier molecular flexibility index (Phi) is 7.04. The molecule has 0 spiro atoms. The normalized spacial score (nSPS) is 13.2. The predicted octanol–water partition coefficient (Wildman–Crippen LogP) is 5.20. The molecule has 2 aromatic rings. The van der Waals surface area contributed by atoms with Gasteiger partial charge in [0.1, 0.15) is 0 Å². The van der Waals surface area contributed by atoms with Crippen LogP contribution >= 0.6 is 0 Å². The highest BCUT2D eigenvalue weighted by Gasteiger charge is 2.40. The van der Waals surface area contributed by atoms with Crippen molar-refractivity contribution in [3.8, 4) is 11.5 Å². The number of aldehydes is 1. The molecule has 0 heterocycles. The smallest absolute Gasteiger partial charge is 0.192 e. The summed E-state index contributed by atoms with van der Waals surface area (Å²) in [5.74, 6) is 2.74. The Balaban J connectivity index is 2.28. The average Bonchev–Trinajstić information content (AvgIpc) is 2.64. The molecule has 0 bridgehead atoms. The Morgan fingerprint density at radius 3 is 2.22 bits per heavy atom. The van der Waals surface area contributed by atoms with E-state index >= 15 is 0 Å². The third kappa shape index (κ3) is 5.84. The number of para-hydroxylation sites is 1. The highest BCUT2D eigenvalue weighted by atomic mass is 28.3. The maximum atomic E-state index is 10.9. The Morgan fingerprint density at radius 2 is 1.67 bits per heavy atom. The largest absolute Gasteiger partial charge is 0.373 e. The van der Waals surface area contributed by atoms with Gasteiger partial charge < -0.3 is 4.90 Å². The van der Waals surface area contributed by atoms with Gasteiger partial charge in [-0.15, -0.1) is 5.54 Å². The Morgan fingerprint density at radius 1 is 1.04 bits per heavy atom. The summed E-state index contributed by atoms with van der Waals surface area (Å²) in [4.78, 5) is 13.4. The third-order valence-corrected chi connectivity index (χ3v) is 10.5. The van der Waals surface area contributed by atoms with Crippen LogP contribution in [0.3, 0.4) is 0 Å². The van der Waals surface area contributed by atoms with Crippen molar-refractivity contribution in [3.63, 3.8) is 0 Å². The SMILES string of the molecule is Cc1ccc(CCN(C[Si](C)(C#CC=O)C(C)(C)C)c2ccccc2)cc1. The van der Waals surface area contributed by atoms with E-state index in [-0.39, 0.29) is 5.04 Å². The molecule has 2 aromatic carbocycles. The number of carbonyl (C=O) groups is 1. The first kappa shape index (κ1) is 21.0. The number of carbonyl (C=O) groups excluding carboxylic acids is 1. The van der Waals surface area contributed by atoms with Gasteiger partial charge in [0.15, 0.2) is 14.4 Å². The van der Waals surface area contributed by atoms with Gasteiger partial charge in [0.05, 0.1) is 0 Å². The number of aryl methyl sites for hydroxylation is 1. The maximum Gasteiger partial charge on any atom is 0.192 e. The molecule has 0 saturated heterocycles. The van der Waals surface area contributed by atoms with Crippen molar-refractivity contribution in [1.82, 2.24) is 0 Å². The van der Waals surface area contributed by atoms with Gasteiger partial charge in [-0.05, 0) is 42.0 Å². The quantitative estimate of drug-likeness (QED) is 0.391. The lowest BCUT2D eigenvalue weighted by Gasteiger charge is -2.40. The summed E-state index contributed by atoms with van der Waals surface area (Å²) < 4.78 is 0. The van der Waals surface area contributed by atoms with Crippen molar-refractivity contribution in [2.75, 3.05) is 17.6 Å². The molecule has 0 radical (unpaired) electrons. The minimum atomic E-state index is -2.03. The zero-order valence-electron chi connectivity index (χ0n) is 17.3. The van der Waals surface area contributed by atoms with Crippen LogP contribution in [0.1, 0.15) is 31.9 Å². The Labute approximate surface area is 165 Å². The predicted molar refractivity (Wildman–Crippen MR) is 119 cm³/mol. The minimum absolute atomic E-state index is 0.0832. The molecule has 0 saturated carbocycles. The summed E-state index contributed by atoms with van der Waals surface area (Å²) >= 11 is 0. The Bertz CT molecular complexity index is 796. The standard InChI is InChI=1S/C24H31NOSi/c1-21-12-14-22(15-13-21)16-17-25(23-10-7-6-8-11-23)20-27(5,19-9-18-26)24(2,3)4/h6-8,10-15,18H,16-17,20H2,1-5H3. The molecule has 142 valence electrons. The molecule has 0 fully saturated rings. The molecule has 1 unspecified atom stereocenters. The van der Waals surface area contributed by atoms with Crippen LogP contribution in [0, 0.1) is 18.4 Å². The van der Waals surface area contributed by atoms with Crippen LogP contribution in [-0.4, -0.2) is 27.1 Å². The highest BCUT2D eigenvalue weighted by Crippen LogP contribution is 2.36. The van der Waals surface area contributed by atoms with E-state index in [1.807, 2.05) is 6.07 Å². The summed E-state index contributed by atoms with van der Waals surface area (Å²) in [5.41, 5.74) is 7.23. The molecule has 2 rings (SSSR count). The molecule has 0 aliphatic carbocycles. The molecule has 27 heavy (non-hydrogen) atoms. The van der Waals surface area contributed by atoms with Crippen molar-refractivity contribution in [2.45, 2.75) is 45.7 Å². The summed E-state index contributed by atoms with van der Waals surface area (Å²) in [7, 11) is -2.03. The molecule has 3 heteroatoms. The van der Waals surface area contributed by atoms with E-state index < -0.39 is 8.07 Å². The summed E-state index contributed by atoms with van der Waals surface area (Å²) in [6.07, 6.45) is 2.63. The van der Waals surface area contributed by atoms with Crippen LogP contribution in [0.5, 0.6) is 0 Å². The number of nitrogens with zero attached hydrogens (tertiary/aromatic N) is 1. The lowest BCUT2D eigenvalue weighted by molar-refractivity contribution is -0.103. The minimum Gasteiger partial charge on any atom is -0.373 e. The zero-order valence-corrected chi connectivity index (χ0v) is 18.3. The van der Waals surface area contributed by atoms with E-state index in [9.17, 15) is 4.79 Å². The lowest BCUT2D eigenvalue weighted by Crippen LogP contribution is -2.51. The van der Waals surface area contributed by atoms with Crippen molar-refractivity contribution >= 4 is 20.0 Å². The highest BCUT2D eigenvalue weighted by molar-refractivity contribution is 6.89. The van der Waals surface area contributed by atoms with E-state index in [0.717, 1.165) is 25.4 Å². The molecule has 1 atom stereocenters. The second-order valence-corrected chi connectivity index (χ2v) is 13.2. The summed E-state index contributed by atoms with van der Waals surface area (Å²) in [6.45, 7) is 12.1. The van der Waals surface area contributed by atoms with Crippen LogP contribution in [0.2, 0.25) is 11.6 Å². The fraction of sp³-hybridized carbons (Fsp3) is 0.375. The molecule has 0 amide bonds. The van der Waals surface area contributed by atoms with E-state index in [1.165, 1.54) is 16.8 Å². The van der Waals surface area contributed by atoms with Crippen molar-refractivity contribution in [1.29, 1.82) is 0 Å². The van der Waals surface area contributed by atoms with Gasteiger partial charge in [0.2, 0.25) is 0 Å². The van der Waals surface area contributed by atoms with Crippen LogP contribution in [0.15, 0.2) is 54.6 Å². The second kappa shape index (κ2) is 9.06. The van der Waals surface area contributed by atoms with Crippen LogP contribution < -0.4 is 4.90 Å². The Hall–Kier alpha value is -2.31.